The van der Waals surface area contributed by atoms with Gasteiger partial charge in [0.25, 0.3) is 0 Å². The molecule has 15 heavy (non-hydrogen) atoms. The number of pyridine rings is 1. The van der Waals surface area contributed by atoms with Crippen molar-refractivity contribution in [3.05, 3.63) is 24.5 Å². The molecule has 1 saturated heterocycles. The Morgan fingerprint density at radius 2 is 2.47 bits per heavy atom. The highest BCUT2D eigenvalue weighted by molar-refractivity contribution is 5.15. The van der Waals surface area contributed by atoms with Crippen molar-refractivity contribution in [3.63, 3.8) is 0 Å². The summed E-state index contributed by atoms with van der Waals surface area (Å²) in [6.07, 6.45) is 8.57. The molecule has 2 heterocycles. The fourth-order valence-electron chi connectivity index (χ4n) is 1.92. The van der Waals surface area contributed by atoms with Crippen LogP contribution in [0.5, 0.6) is 5.75 Å². The van der Waals surface area contributed by atoms with Gasteiger partial charge in [0, 0.05) is 12.2 Å². The molecule has 1 aliphatic rings. The largest absolute Gasteiger partial charge is 0.492 e. The van der Waals surface area contributed by atoms with Gasteiger partial charge < -0.3 is 10.1 Å². The van der Waals surface area contributed by atoms with Gasteiger partial charge in [0.2, 0.25) is 0 Å². The van der Waals surface area contributed by atoms with Crippen molar-refractivity contribution in [2.45, 2.75) is 31.7 Å². The Morgan fingerprint density at radius 1 is 1.47 bits per heavy atom. The second kappa shape index (κ2) is 5.71. The molecule has 0 amide bonds. The van der Waals surface area contributed by atoms with E-state index in [1.54, 1.807) is 12.4 Å². The van der Waals surface area contributed by atoms with Crippen LogP contribution in [0.4, 0.5) is 0 Å². The van der Waals surface area contributed by atoms with E-state index in [2.05, 4.69) is 10.3 Å². The van der Waals surface area contributed by atoms with Crippen LogP contribution in [-0.2, 0) is 0 Å². The minimum Gasteiger partial charge on any atom is -0.492 e. The third-order valence-corrected chi connectivity index (χ3v) is 2.78. The molecule has 0 saturated carbocycles. The van der Waals surface area contributed by atoms with Crippen LogP contribution < -0.4 is 10.1 Å². The third kappa shape index (κ3) is 3.51. The van der Waals surface area contributed by atoms with E-state index in [0.29, 0.717) is 6.04 Å². The van der Waals surface area contributed by atoms with Crippen LogP contribution in [0.3, 0.4) is 0 Å². The van der Waals surface area contributed by atoms with Crippen LogP contribution in [0.1, 0.15) is 25.7 Å². The van der Waals surface area contributed by atoms with E-state index in [4.69, 9.17) is 4.74 Å². The lowest BCUT2D eigenvalue weighted by atomic mass is 10.0. The second-order valence-electron chi connectivity index (χ2n) is 3.97. The van der Waals surface area contributed by atoms with Gasteiger partial charge in [-0.05, 0) is 37.9 Å². The molecule has 1 aromatic heterocycles. The molecule has 0 aromatic carbocycles. The molecular weight excluding hydrogens is 188 g/mol. The van der Waals surface area contributed by atoms with E-state index in [1.165, 1.54) is 19.3 Å². The van der Waals surface area contributed by atoms with Crippen LogP contribution in [0.15, 0.2) is 24.5 Å². The van der Waals surface area contributed by atoms with Crippen LogP contribution >= 0.6 is 0 Å². The topological polar surface area (TPSA) is 34.1 Å². The lowest BCUT2D eigenvalue weighted by molar-refractivity contribution is 0.267. The zero-order valence-electron chi connectivity index (χ0n) is 8.98. The number of nitrogens with one attached hydrogen (secondary N) is 1. The molecule has 0 aliphatic carbocycles. The van der Waals surface area contributed by atoms with Crippen molar-refractivity contribution in [2.24, 2.45) is 0 Å². The van der Waals surface area contributed by atoms with Crippen molar-refractivity contribution in [2.75, 3.05) is 13.2 Å². The standard InChI is InChI=1S/C12H18N2O/c1-2-8-14-11(4-1)6-9-15-12-5-3-7-13-10-12/h3,5,7,10-11,14H,1-2,4,6,8-9H2. The number of piperidine rings is 1. The highest BCUT2D eigenvalue weighted by Gasteiger charge is 2.11. The number of rotatable bonds is 4. The monoisotopic (exact) mass is 206 g/mol. The predicted octanol–water partition coefficient (Wildman–Crippen LogP) is 1.99. The molecule has 0 radical (unpaired) electrons. The van der Waals surface area contributed by atoms with Gasteiger partial charge in [-0.2, -0.15) is 0 Å². The summed E-state index contributed by atoms with van der Waals surface area (Å²) in [6, 6.07) is 4.49. The fraction of sp³-hybridized carbons (Fsp3) is 0.583. The van der Waals surface area contributed by atoms with Gasteiger partial charge in [0.1, 0.15) is 5.75 Å². The molecule has 3 heteroatoms. The molecule has 1 aromatic rings. The SMILES string of the molecule is c1cncc(OCCC2CCCCN2)c1. The first kappa shape index (κ1) is 10.4. The van der Waals surface area contributed by atoms with Gasteiger partial charge >= 0.3 is 0 Å². The summed E-state index contributed by atoms with van der Waals surface area (Å²) in [6.45, 7) is 1.95. The molecule has 1 aliphatic heterocycles. The number of ether oxygens (including phenoxy) is 1. The molecular formula is C12H18N2O. The van der Waals surface area contributed by atoms with Gasteiger partial charge in [-0.15, -0.1) is 0 Å². The lowest BCUT2D eigenvalue weighted by Crippen LogP contribution is -2.35. The second-order valence-corrected chi connectivity index (χ2v) is 3.97. The van der Waals surface area contributed by atoms with Gasteiger partial charge in [-0.1, -0.05) is 6.42 Å². The van der Waals surface area contributed by atoms with Crippen molar-refractivity contribution in [1.29, 1.82) is 0 Å². The van der Waals surface area contributed by atoms with E-state index in [9.17, 15) is 0 Å². The minimum absolute atomic E-state index is 0.649. The first-order valence-electron chi connectivity index (χ1n) is 5.71. The molecule has 1 N–H and O–H groups in total. The van der Waals surface area contributed by atoms with Crippen LogP contribution in [0, 0.1) is 0 Å². The quantitative estimate of drug-likeness (QED) is 0.818. The Labute approximate surface area is 90.9 Å². The smallest absolute Gasteiger partial charge is 0.137 e. The van der Waals surface area contributed by atoms with Crippen LogP contribution in [0.2, 0.25) is 0 Å². The van der Waals surface area contributed by atoms with Gasteiger partial charge in [-0.3, -0.25) is 4.98 Å². The maximum absolute atomic E-state index is 5.61. The number of hydrogen-bond acceptors (Lipinski definition) is 3. The molecule has 3 nitrogen and oxygen atoms in total. The predicted molar refractivity (Wildman–Crippen MR) is 60.0 cm³/mol. The van der Waals surface area contributed by atoms with E-state index in [-0.39, 0.29) is 0 Å². The Kier molecular flexibility index (Phi) is 3.97. The zero-order valence-corrected chi connectivity index (χ0v) is 8.98. The summed E-state index contributed by atoms with van der Waals surface area (Å²) >= 11 is 0. The van der Waals surface area contributed by atoms with Crippen molar-refractivity contribution in [3.8, 4) is 5.75 Å². The summed E-state index contributed by atoms with van der Waals surface area (Å²) in [5, 5.41) is 3.51. The molecule has 1 fully saturated rings. The summed E-state index contributed by atoms with van der Waals surface area (Å²) in [5.41, 5.74) is 0. The Bertz CT molecular complexity index is 270. The van der Waals surface area contributed by atoms with E-state index < -0.39 is 0 Å². The van der Waals surface area contributed by atoms with Crippen molar-refractivity contribution < 1.29 is 4.74 Å². The van der Waals surface area contributed by atoms with Crippen LogP contribution in [-0.4, -0.2) is 24.2 Å². The number of nitrogens with zero attached hydrogens (tertiary/aromatic N) is 1. The normalized spacial score (nSPS) is 21.2. The maximum atomic E-state index is 5.61. The highest BCUT2D eigenvalue weighted by atomic mass is 16.5. The first-order valence-corrected chi connectivity index (χ1v) is 5.71. The molecule has 0 spiro atoms. The zero-order chi connectivity index (χ0) is 10.3. The van der Waals surface area contributed by atoms with E-state index in [0.717, 1.165) is 25.3 Å². The summed E-state index contributed by atoms with van der Waals surface area (Å²) in [5.74, 6) is 0.869. The Morgan fingerprint density at radius 3 is 3.20 bits per heavy atom. The minimum atomic E-state index is 0.649. The average molecular weight is 206 g/mol. The Balaban J connectivity index is 1.66. The average Bonchev–Trinajstić information content (AvgIpc) is 2.32. The van der Waals surface area contributed by atoms with Gasteiger partial charge in [-0.25, -0.2) is 0 Å². The van der Waals surface area contributed by atoms with Gasteiger partial charge in [0.15, 0.2) is 0 Å². The molecule has 82 valence electrons. The number of aromatic nitrogens is 1. The molecule has 0 bridgehead atoms. The fourth-order valence-corrected chi connectivity index (χ4v) is 1.92. The van der Waals surface area contributed by atoms with Crippen LogP contribution in [0.25, 0.3) is 0 Å². The first-order chi connectivity index (χ1) is 7.45. The van der Waals surface area contributed by atoms with E-state index in [1.807, 2.05) is 12.1 Å². The lowest BCUT2D eigenvalue weighted by Gasteiger charge is -2.23. The molecule has 1 atom stereocenters. The van der Waals surface area contributed by atoms with Crippen molar-refractivity contribution >= 4 is 0 Å². The summed E-state index contributed by atoms with van der Waals surface area (Å²) in [4.78, 5) is 4.01. The van der Waals surface area contributed by atoms with E-state index >= 15 is 0 Å². The maximum Gasteiger partial charge on any atom is 0.137 e. The number of hydrogen-bond donors (Lipinski definition) is 1. The highest BCUT2D eigenvalue weighted by Crippen LogP contribution is 2.11. The van der Waals surface area contributed by atoms with Gasteiger partial charge in [0.05, 0.1) is 12.8 Å². The Hall–Kier alpha value is -1.09. The summed E-state index contributed by atoms with van der Waals surface area (Å²) < 4.78 is 5.61. The van der Waals surface area contributed by atoms with Crippen molar-refractivity contribution in [1.82, 2.24) is 10.3 Å². The molecule has 2 rings (SSSR count). The molecule has 1 unspecified atom stereocenters. The third-order valence-electron chi connectivity index (χ3n) is 2.78. The summed E-state index contributed by atoms with van der Waals surface area (Å²) in [7, 11) is 0.